The maximum absolute atomic E-state index is 14.3. The van der Waals surface area contributed by atoms with Crippen molar-refractivity contribution in [3.05, 3.63) is 83.1 Å². The molecular weight excluding hydrogens is 450 g/mol. The van der Waals surface area contributed by atoms with E-state index in [0.717, 1.165) is 0 Å². The van der Waals surface area contributed by atoms with Gasteiger partial charge in [0.05, 0.1) is 10.6 Å². The number of halogens is 3. The topological polar surface area (TPSA) is 104 Å². The second-order valence-corrected chi connectivity index (χ2v) is 7.29. The second kappa shape index (κ2) is 8.26. The summed E-state index contributed by atoms with van der Waals surface area (Å²) in [5.41, 5.74) is 2.01. The summed E-state index contributed by atoms with van der Waals surface area (Å²) in [6, 6.07) is 15.3. The molecule has 0 atom stereocenters. The van der Waals surface area contributed by atoms with E-state index in [2.05, 4.69) is 25.1 Å². The number of H-pyrrole nitrogens is 1. The molecule has 2 aromatic carbocycles. The standard InChI is InChI=1S/C23H11ClF2N6O/c24-15-2-1-3-16(26)19(15)22-29-18(10-27)20(30-22)13-6-9-17(28-11-13)23-31-21(32-33-23)12-4-7-14(25)8-5-12/h1-9,11H,(H,29,30). The molecule has 0 spiro atoms. The number of nitriles is 1. The highest BCUT2D eigenvalue weighted by atomic mass is 35.5. The molecule has 3 heterocycles. The summed E-state index contributed by atoms with van der Waals surface area (Å²) in [6.07, 6.45) is 1.49. The molecule has 0 aliphatic heterocycles. The van der Waals surface area contributed by atoms with Crippen LogP contribution in [0.15, 0.2) is 65.3 Å². The molecule has 0 bridgehead atoms. The van der Waals surface area contributed by atoms with E-state index in [1.807, 2.05) is 6.07 Å². The zero-order valence-electron chi connectivity index (χ0n) is 16.6. The zero-order chi connectivity index (χ0) is 22.9. The molecule has 1 N–H and O–H groups in total. The Morgan fingerprint density at radius 3 is 2.45 bits per heavy atom. The Morgan fingerprint density at radius 2 is 1.76 bits per heavy atom. The normalized spacial score (nSPS) is 10.8. The summed E-state index contributed by atoms with van der Waals surface area (Å²) in [4.78, 5) is 15.8. The molecule has 7 nitrogen and oxygen atoms in total. The van der Waals surface area contributed by atoms with Crippen LogP contribution in [0.2, 0.25) is 5.02 Å². The first-order valence-electron chi connectivity index (χ1n) is 9.54. The van der Waals surface area contributed by atoms with Crippen molar-refractivity contribution in [3.8, 4) is 51.7 Å². The van der Waals surface area contributed by atoms with Crippen LogP contribution in [0.25, 0.3) is 45.6 Å². The molecule has 0 saturated carbocycles. The molecule has 5 rings (SSSR count). The van der Waals surface area contributed by atoms with Crippen molar-refractivity contribution < 1.29 is 13.3 Å². The van der Waals surface area contributed by atoms with Gasteiger partial charge in [-0.15, -0.1) is 0 Å². The highest BCUT2D eigenvalue weighted by Crippen LogP contribution is 2.32. The first-order chi connectivity index (χ1) is 16.0. The molecule has 0 fully saturated rings. The van der Waals surface area contributed by atoms with Gasteiger partial charge in [0.1, 0.15) is 40.6 Å². The van der Waals surface area contributed by atoms with Crippen LogP contribution in [0.3, 0.4) is 0 Å². The van der Waals surface area contributed by atoms with Gasteiger partial charge in [-0.05, 0) is 48.5 Å². The van der Waals surface area contributed by atoms with Crippen LogP contribution in [-0.4, -0.2) is 25.1 Å². The number of hydrogen-bond acceptors (Lipinski definition) is 6. The van der Waals surface area contributed by atoms with Gasteiger partial charge in [-0.25, -0.2) is 13.8 Å². The lowest BCUT2D eigenvalue weighted by atomic mass is 10.1. The van der Waals surface area contributed by atoms with Crippen LogP contribution in [0.4, 0.5) is 8.78 Å². The largest absolute Gasteiger partial charge is 0.332 e. The number of nitrogens with one attached hydrogen (secondary N) is 1. The Balaban J connectivity index is 1.47. The van der Waals surface area contributed by atoms with Crippen molar-refractivity contribution in [1.29, 1.82) is 5.26 Å². The van der Waals surface area contributed by atoms with Crippen molar-refractivity contribution in [2.75, 3.05) is 0 Å². The number of rotatable bonds is 4. The Kier molecular flexibility index (Phi) is 5.12. The molecular formula is C23H11ClF2N6O. The Hall–Kier alpha value is -4.42. The maximum Gasteiger partial charge on any atom is 0.276 e. The summed E-state index contributed by atoms with van der Waals surface area (Å²) in [5.74, 6) is -0.331. The Bertz CT molecular complexity index is 1480. The van der Waals surface area contributed by atoms with Crippen LogP contribution in [-0.2, 0) is 0 Å². The van der Waals surface area contributed by atoms with Crippen molar-refractivity contribution in [2.24, 2.45) is 0 Å². The first-order valence-corrected chi connectivity index (χ1v) is 9.92. The fourth-order valence-electron chi connectivity index (χ4n) is 3.21. The minimum Gasteiger partial charge on any atom is -0.332 e. The molecule has 0 aliphatic carbocycles. The van der Waals surface area contributed by atoms with E-state index in [1.54, 1.807) is 24.3 Å². The number of benzene rings is 2. The van der Waals surface area contributed by atoms with Crippen molar-refractivity contribution in [3.63, 3.8) is 0 Å². The third-order valence-electron chi connectivity index (χ3n) is 4.80. The highest BCUT2D eigenvalue weighted by Gasteiger charge is 2.19. The number of hydrogen-bond donors (Lipinski definition) is 1. The summed E-state index contributed by atoms with van der Waals surface area (Å²) in [6.45, 7) is 0. The number of aromatic amines is 1. The molecule has 0 unspecified atom stereocenters. The van der Waals surface area contributed by atoms with Crippen LogP contribution in [0, 0.1) is 23.0 Å². The lowest BCUT2D eigenvalue weighted by Crippen LogP contribution is -1.89. The van der Waals surface area contributed by atoms with Gasteiger partial charge in [-0.1, -0.05) is 22.8 Å². The van der Waals surface area contributed by atoms with Gasteiger partial charge in [0.2, 0.25) is 5.82 Å². The fourth-order valence-corrected chi connectivity index (χ4v) is 3.46. The number of pyridine rings is 1. The molecule has 5 aromatic rings. The van der Waals surface area contributed by atoms with Crippen molar-refractivity contribution in [1.82, 2.24) is 25.1 Å². The zero-order valence-corrected chi connectivity index (χ0v) is 17.3. The first kappa shape index (κ1) is 20.5. The van der Waals surface area contributed by atoms with Gasteiger partial charge in [-0.3, -0.25) is 4.98 Å². The lowest BCUT2D eigenvalue weighted by molar-refractivity contribution is 0.431. The average Bonchev–Trinajstić information content (AvgIpc) is 3.47. The predicted molar refractivity (Wildman–Crippen MR) is 116 cm³/mol. The average molecular weight is 461 g/mol. The van der Waals surface area contributed by atoms with Gasteiger partial charge >= 0.3 is 0 Å². The fraction of sp³-hybridized carbons (Fsp3) is 0. The van der Waals surface area contributed by atoms with E-state index in [4.69, 9.17) is 16.1 Å². The number of imidazole rings is 1. The van der Waals surface area contributed by atoms with E-state index >= 15 is 0 Å². The van der Waals surface area contributed by atoms with Crippen molar-refractivity contribution >= 4 is 11.6 Å². The second-order valence-electron chi connectivity index (χ2n) is 6.88. The highest BCUT2D eigenvalue weighted by molar-refractivity contribution is 6.33. The summed E-state index contributed by atoms with van der Waals surface area (Å²) in [5, 5.41) is 13.6. The van der Waals surface area contributed by atoms with Gasteiger partial charge in [0.25, 0.3) is 5.89 Å². The smallest absolute Gasteiger partial charge is 0.276 e. The molecule has 3 aromatic heterocycles. The molecule has 10 heteroatoms. The van der Waals surface area contributed by atoms with Crippen LogP contribution in [0.5, 0.6) is 0 Å². The monoisotopic (exact) mass is 460 g/mol. The molecule has 0 aliphatic rings. The summed E-state index contributed by atoms with van der Waals surface area (Å²) in [7, 11) is 0. The minimum absolute atomic E-state index is 0.0747. The molecule has 0 saturated heterocycles. The third kappa shape index (κ3) is 3.84. The lowest BCUT2D eigenvalue weighted by Gasteiger charge is -2.01. The van der Waals surface area contributed by atoms with Crippen LogP contribution < -0.4 is 0 Å². The van der Waals surface area contributed by atoms with E-state index in [0.29, 0.717) is 28.3 Å². The Labute approximate surface area is 190 Å². The van der Waals surface area contributed by atoms with Gasteiger partial charge < -0.3 is 9.51 Å². The number of aromatic nitrogens is 5. The van der Waals surface area contributed by atoms with Crippen LogP contribution in [0.1, 0.15) is 5.69 Å². The molecule has 33 heavy (non-hydrogen) atoms. The van der Waals surface area contributed by atoms with Crippen LogP contribution >= 0.6 is 11.6 Å². The maximum atomic E-state index is 14.3. The van der Waals surface area contributed by atoms with Crippen molar-refractivity contribution in [2.45, 2.75) is 0 Å². The van der Waals surface area contributed by atoms with E-state index < -0.39 is 5.82 Å². The summed E-state index contributed by atoms with van der Waals surface area (Å²) < 4.78 is 32.7. The summed E-state index contributed by atoms with van der Waals surface area (Å²) >= 11 is 6.12. The quantitative estimate of drug-likeness (QED) is 0.371. The predicted octanol–water partition coefficient (Wildman–Crippen LogP) is 5.66. The van der Waals surface area contributed by atoms with Gasteiger partial charge in [0, 0.05) is 17.3 Å². The number of nitrogens with zero attached hydrogens (tertiary/aromatic N) is 5. The van der Waals surface area contributed by atoms with Gasteiger partial charge in [-0.2, -0.15) is 10.2 Å². The SMILES string of the molecule is N#Cc1[nH]c(-c2c(F)cccc2Cl)nc1-c1ccc(-c2nc(-c3ccc(F)cc3)no2)nc1. The van der Waals surface area contributed by atoms with Gasteiger partial charge in [0.15, 0.2) is 0 Å². The third-order valence-corrected chi connectivity index (χ3v) is 5.11. The minimum atomic E-state index is -0.561. The van der Waals surface area contributed by atoms with E-state index in [-0.39, 0.29) is 33.8 Å². The Morgan fingerprint density at radius 1 is 0.970 bits per heavy atom. The van der Waals surface area contributed by atoms with E-state index in [9.17, 15) is 14.0 Å². The molecule has 0 amide bonds. The molecule has 160 valence electrons. The molecule has 0 radical (unpaired) electrons. The van der Waals surface area contributed by atoms with E-state index in [1.165, 1.54) is 36.5 Å².